The minimum absolute atomic E-state index is 0.0818. The summed E-state index contributed by atoms with van der Waals surface area (Å²) < 4.78 is 6.33. The number of aromatic nitrogens is 1. The van der Waals surface area contributed by atoms with Gasteiger partial charge in [-0.1, -0.05) is 26.0 Å². The van der Waals surface area contributed by atoms with Gasteiger partial charge in [0, 0.05) is 53.9 Å². The minimum atomic E-state index is -0.331. The predicted octanol–water partition coefficient (Wildman–Crippen LogP) is 4.56. The number of piperidine rings is 1. The number of carbonyl (C=O) groups is 1. The first-order valence-electron chi connectivity index (χ1n) is 11.0. The number of aromatic amines is 1. The normalized spacial score (nSPS) is 19.0. The summed E-state index contributed by atoms with van der Waals surface area (Å²) in [6.07, 6.45) is 4.13. The summed E-state index contributed by atoms with van der Waals surface area (Å²) in [5.74, 6) is 0.938. The second-order valence-corrected chi connectivity index (χ2v) is 9.35. The van der Waals surface area contributed by atoms with Crippen LogP contribution in [-0.4, -0.2) is 55.2 Å². The molecule has 1 aromatic heterocycles. The Bertz CT molecular complexity index is 1200. The quantitative estimate of drug-likeness (QED) is 0.638. The van der Waals surface area contributed by atoms with Crippen LogP contribution in [0.5, 0.6) is 5.75 Å². The van der Waals surface area contributed by atoms with Gasteiger partial charge in [0.1, 0.15) is 11.9 Å². The van der Waals surface area contributed by atoms with E-state index >= 15 is 0 Å². The van der Waals surface area contributed by atoms with Gasteiger partial charge in [-0.05, 0) is 55.3 Å². The van der Waals surface area contributed by atoms with Gasteiger partial charge in [-0.15, -0.1) is 0 Å². The highest BCUT2D eigenvalue weighted by molar-refractivity contribution is 6.20. The molecule has 0 saturated carbocycles. The summed E-state index contributed by atoms with van der Waals surface area (Å²) in [5, 5.41) is 0.971. The first-order chi connectivity index (χ1) is 14.9. The Morgan fingerprint density at radius 3 is 2.68 bits per heavy atom. The number of aliphatic imine (C=N–C) groups is 1. The molecular weight excluding hydrogens is 386 g/mol. The van der Waals surface area contributed by atoms with Gasteiger partial charge in [0.25, 0.3) is 0 Å². The summed E-state index contributed by atoms with van der Waals surface area (Å²) in [5.41, 5.74) is 5.22. The standard InChI is InChI=1S/C26H29N3O2/c1-26(2)21-14-18(31-17-9-11-29(4)12-10-17)6-8-19(21)24(30)23-20-7-5-16(15-27-3)13-22(20)28-25(23)26/h5-8,13-15,17,28H,9-12H2,1-4H3. The molecule has 31 heavy (non-hydrogen) atoms. The SMILES string of the molecule is CN=Cc1ccc2c3c([nH]c2c1)C(C)(C)c1cc(OC2CCN(C)CC2)ccc1C3=O. The van der Waals surface area contributed by atoms with Crippen LogP contribution >= 0.6 is 0 Å². The molecule has 1 aliphatic heterocycles. The number of ether oxygens (including phenoxy) is 1. The molecule has 0 radical (unpaired) electrons. The van der Waals surface area contributed by atoms with Crippen molar-refractivity contribution in [1.29, 1.82) is 0 Å². The third-order valence-corrected chi connectivity index (χ3v) is 6.83. The lowest BCUT2D eigenvalue weighted by Crippen LogP contribution is -2.36. The molecule has 1 N–H and O–H groups in total. The fraction of sp³-hybridized carbons (Fsp3) is 0.385. The average Bonchev–Trinajstić information content (AvgIpc) is 3.14. The molecule has 5 heteroatoms. The number of fused-ring (bicyclic) bond motifs is 4. The van der Waals surface area contributed by atoms with Crippen LogP contribution in [0.15, 0.2) is 41.4 Å². The third kappa shape index (κ3) is 3.28. The molecular formula is C26H29N3O2. The van der Waals surface area contributed by atoms with Gasteiger partial charge in [-0.25, -0.2) is 0 Å². The van der Waals surface area contributed by atoms with Gasteiger partial charge in [0.15, 0.2) is 5.78 Å². The number of H-pyrrole nitrogens is 1. The molecule has 0 amide bonds. The van der Waals surface area contributed by atoms with Crippen molar-refractivity contribution in [2.45, 2.75) is 38.2 Å². The monoisotopic (exact) mass is 415 g/mol. The van der Waals surface area contributed by atoms with Crippen molar-refractivity contribution in [2.75, 3.05) is 27.2 Å². The van der Waals surface area contributed by atoms with E-state index in [0.717, 1.165) is 70.5 Å². The van der Waals surface area contributed by atoms with Gasteiger partial charge in [-0.2, -0.15) is 0 Å². The number of hydrogen-bond acceptors (Lipinski definition) is 4. The van der Waals surface area contributed by atoms with Crippen molar-refractivity contribution < 1.29 is 9.53 Å². The van der Waals surface area contributed by atoms with Crippen LogP contribution in [0.2, 0.25) is 0 Å². The van der Waals surface area contributed by atoms with E-state index < -0.39 is 0 Å². The molecule has 160 valence electrons. The van der Waals surface area contributed by atoms with E-state index in [9.17, 15) is 4.79 Å². The van der Waals surface area contributed by atoms with Gasteiger partial charge in [-0.3, -0.25) is 9.79 Å². The molecule has 2 aliphatic rings. The lowest BCUT2D eigenvalue weighted by molar-refractivity contribution is 0.103. The highest BCUT2D eigenvalue weighted by atomic mass is 16.5. The molecule has 2 aromatic carbocycles. The molecule has 5 rings (SSSR count). The van der Waals surface area contributed by atoms with Crippen molar-refractivity contribution >= 4 is 22.9 Å². The Labute approximate surface area is 183 Å². The lowest BCUT2D eigenvalue weighted by Gasteiger charge is -2.33. The zero-order valence-corrected chi connectivity index (χ0v) is 18.7. The molecule has 0 unspecified atom stereocenters. The molecule has 3 aromatic rings. The average molecular weight is 416 g/mol. The van der Waals surface area contributed by atoms with Crippen LogP contribution in [0.25, 0.3) is 10.9 Å². The number of benzene rings is 2. The van der Waals surface area contributed by atoms with Gasteiger partial charge in [0.2, 0.25) is 0 Å². The first-order valence-corrected chi connectivity index (χ1v) is 11.0. The number of nitrogens with zero attached hydrogens (tertiary/aromatic N) is 2. The summed E-state index contributed by atoms with van der Waals surface area (Å²) >= 11 is 0. The van der Waals surface area contributed by atoms with Gasteiger partial charge in [0.05, 0.1) is 5.56 Å². The van der Waals surface area contributed by atoms with Crippen LogP contribution < -0.4 is 4.74 Å². The molecule has 0 spiro atoms. The van der Waals surface area contributed by atoms with E-state index in [2.05, 4.69) is 47.9 Å². The van der Waals surface area contributed by atoms with E-state index in [0.29, 0.717) is 0 Å². The molecule has 1 fully saturated rings. The predicted molar refractivity (Wildman–Crippen MR) is 125 cm³/mol. The first kappa shape index (κ1) is 20.0. The van der Waals surface area contributed by atoms with Crippen LogP contribution in [0.4, 0.5) is 0 Å². The number of nitrogens with one attached hydrogen (secondary N) is 1. The smallest absolute Gasteiger partial charge is 0.195 e. The molecule has 2 heterocycles. The Morgan fingerprint density at radius 1 is 1.16 bits per heavy atom. The minimum Gasteiger partial charge on any atom is -0.490 e. The van der Waals surface area contributed by atoms with Crippen LogP contribution in [0.3, 0.4) is 0 Å². The van der Waals surface area contributed by atoms with Crippen molar-refractivity contribution in [2.24, 2.45) is 4.99 Å². The number of rotatable bonds is 3. The Balaban J connectivity index is 1.55. The topological polar surface area (TPSA) is 57.7 Å². The fourth-order valence-electron chi connectivity index (χ4n) is 5.03. The highest BCUT2D eigenvalue weighted by Crippen LogP contribution is 2.44. The third-order valence-electron chi connectivity index (χ3n) is 6.83. The zero-order valence-electron chi connectivity index (χ0n) is 18.7. The largest absolute Gasteiger partial charge is 0.490 e. The van der Waals surface area contributed by atoms with Crippen LogP contribution in [0, 0.1) is 0 Å². The van der Waals surface area contributed by atoms with Crippen LogP contribution in [-0.2, 0) is 5.41 Å². The van der Waals surface area contributed by atoms with Gasteiger partial charge >= 0.3 is 0 Å². The summed E-state index contributed by atoms with van der Waals surface area (Å²) in [6.45, 7) is 6.48. The Hall–Kier alpha value is -2.92. The van der Waals surface area contributed by atoms with E-state index in [1.54, 1.807) is 7.05 Å². The van der Waals surface area contributed by atoms with Crippen molar-refractivity contribution in [1.82, 2.24) is 9.88 Å². The number of hydrogen-bond donors (Lipinski definition) is 1. The lowest BCUT2D eigenvalue weighted by atomic mass is 9.71. The van der Waals surface area contributed by atoms with Gasteiger partial charge < -0.3 is 14.6 Å². The second kappa shape index (κ2) is 7.34. The van der Waals surface area contributed by atoms with Crippen LogP contribution in [0.1, 0.15) is 59.4 Å². The summed E-state index contributed by atoms with van der Waals surface area (Å²) in [4.78, 5) is 23.5. The molecule has 1 aliphatic carbocycles. The maximum Gasteiger partial charge on any atom is 0.195 e. The Kier molecular flexibility index (Phi) is 4.74. The summed E-state index contributed by atoms with van der Waals surface area (Å²) in [6, 6.07) is 12.1. The fourth-order valence-corrected chi connectivity index (χ4v) is 5.03. The van der Waals surface area contributed by atoms with E-state index in [1.807, 2.05) is 30.5 Å². The number of ketones is 1. The summed E-state index contributed by atoms with van der Waals surface area (Å²) in [7, 11) is 3.91. The van der Waals surface area contributed by atoms with E-state index in [-0.39, 0.29) is 17.3 Å². The maximum absolute atomic E-state index is 13.5. The molecule has 5 nitrogen and oxygen atoms in total. The van der Waals surface area contributed by atoms with Crippen molar-refractivity contribution in [3.8, 4) is 5.75 Å². The number of carbonyl (C=O) groups excluding carboxylic acids is 1. The van der Waals surface area contributed by atoms with E-state index in [1.165, 1.54) is 0 Å². The van der Waals surface area contributed by atoms with E-state index in [4.69, 9.17) is 4.74 Å². The molecule has 1 saturated heterocycles. The second-order valence-electron chi connectivity index (χ2n) is 9.35. The van der Waals surface area contributed by atoms with Crippen molar-refractivity contribution in [3.05, 3.63) is 64.3 Å². The van der Waals surface area contributed by atoms with Crippen molar-refractivity contribution in [3.63, 3.8) is 0 Å². The molecule has 0 atom stereocenters. The highest BCUT2D eigenvalue weighted by Gasteiger charge is 2.40. The number of likely N-dealkylation sites (tertiary alicyclic amines) is 1. The molecule has 0 bridgehead atoms. The zero-order chi connectivity index (χ0) is 21.8. The maximum atomic E-state index is 13.5. The Morgan fingerprint density at radius 2 is 1.94 bits per heavy atom.